The molecule has 0 radical (unpaired) electrons. The van der Waals surface area contributed by atoms with Crippen LogP contribution in [0, 0.1) is 13.0 Å². The van der Waals surface area contributed by atoms with Gasteiger partial charge >= 0.3 is 21.1 Å². The number of rotatable bonds is 4. The Morgan fingerprint density at radius 3 is 2.24 bits per heavy atom. The van der Waals surface area contributed by atoms with E-state index in [0.29, 0.717) is 0 Å². The molecule has 0 saturated carbocycles. The average molecular weight is 809 g/mol. The zero-order valence-corrected chi connectivity index (χ0v) is 28.7. The fourth-order valence-electron chi connectivity index (χ4n) is 7.25. The summed E-state index contributed by atoms with van der Waals surface area (Å²) in [6.07, 6.45) is 1.84. The van der Waals surface area contributed by atoms with Crippen molar-refractivity contribution in [3.8, 4) is 34.0 Å². The Labute approximate surface area is 296 Å². The second-order valence-corrected chi connectivity index (χ2v) is 12.3. The molecule has 0 spiro atoms. The van der Waals surface area contributed by atoms with E-state index in [2.05, 4.69) is 137 Å². The number of imidazole rings is 1. The van der Waals surface area contributed by atoms with Crippen LogP contribution in [0.25, 0.3) is 88.7 Å². The molecule has 49 heavy (non-hydrogen) atoms. The van der Waals surface area contributed by atoms with Crippen LogP contribution in [-0.2, 0) is 21.1 Å². The van der Waals surface area contributed by atoms with Gasteiger partial charge in [0.15, 0.2) is 0 Å². The van der Waals surface area contributed by atoms with Crippen LogP contribution in [0.4, 0.5) is 0 Å². The molecule has 234 valence electrons. The molecule has 0 atom stereocenters. The minimum Gasteiger partial charge on any atom is -0.656 e. The topological polar surface area (TPSA) is 49.7 Å². The molecular formula is C43H27N5Pt. The predicted octanol–water partition coefficient (Wildman–Crippen LogP) is 10.2. The van der Waals surface area contributed by atoms with Gasteiger partial charge < -0.3 is 9.55 Å². The largest absolute Gasteiger partial charge is 2.00 e. The van der Waals surface area contributed by atoms with Crippen LogP contribution in [0.3, 0.4) is 0 Å². The van der Waals surface area contributed by atoms with Crippen molar-refractivity contribution >= 4 is 54.6 Å². The Hall–Kier alpha value is -5.77. The molecule has 0 amide bonds. The van der Waals surface area contributed by atoms with Gasteiger partial charge in [-0.25, -0.2) is 9.97 Å². The number of para-hydroxylation sites is 4. The fourth-order valence-corrected chi connectivity index (χ4v) is 7.25. The molecule has 6 aromatic carbocycles. The summed E-state index contributed by atoms with van der Waals surface area (Å²) in [5.41, 5.74) is 11.2. The molecule has 0 N–H and O–H groups in total. The first-order valence-corrected chi connectivity index (χ1v) is 16.1. The zero-order chi connectivity index (χ0) is 31.8. The number of pyridine rings is 1. The van der Waals surface area contributed by atoms with Gasteiger partial charge in [0.05, 0.1) is 11.0 Å². The first kappa shape index (κ1) is 29.4. The third-order valence-electron chi connectivity index (χ3n) is 9.40. The summed E-state index contributed by atoms with van der Waals surface area (Å²) in [6, 6.07) is 52.5. The van der Waals surface area contributed by atoms with E-state index in [1.165, 1.54) is 10.9 Å². The second-order valence-electron chi connectivity index (χ2n) is 12.3. The van der Waals surface area contributed by atoms with Crippen LogP contribution in [0.2, 0.25) is 0 Å². The summed E-state index contributed by atoms with van der Waals surface area (Å²) in [7, 11) is 0. The number of fused-ring (bicyclic) bond motifs is 7. The van der Waals surface area contributed by atoms with Gasteiger partial charge in [-0.15, -0.1) is 34.8 Å². The standard InChI is InChI=1S/C43H27N5.Pt/c1-27-20-22-31-34-15-9-16-35(41(34)45-36(31)25-27)43-46-42-30(14-10-18-38(42)47(43)29-11-3-2-4-12-29)28-21-23-33-32-13-5-6-17-37(32)48(39(33)26-28)40-19-7-8-24-44-40;/h2-25H,1H3;/q-2;+2. The molecule has 0 unspecified atom stereocenters. The quantitative estimate of drug-likeness (QED) is 0.167. The Balaban J connectivity index is 0.00000325. The maximum atomic E-state index is 5.46. The van der Waals surface area contributed by atoms with Crippen molar-refractivity contribution in [3.63, 3.8) is 0 Å². The minimum atomic E-state index is 0. The second kappa shape index (κ2) is 11.4. The summed E-state index contributed by atoms with van der Waals surface area (Å²) in [5, 5.41) is 4.61. The van der Waals surface area contributed by atoms with Gasteiger partial charge in [0.1, 0.15) is 11.6 Å². The molecule has 0 bridgehead atoms. The van der Waals surface area contributed by atoms with E-state index in [0.717, 1.165) is 83.3 Å². The molecular weight excluding hydrogens is 782 g/mol. The van der Waals surface area contributed by atoms with Gasteiger partial charge in [-0.3, -0.25) is 4.57 Å². The Morgan fingerprint density at radius 1 is 0.612 bits per heavy atom. The molecule has 10 aromatic rings. The smallest absolute Gasteiger partial charge is 0.656 e. The molecule has 10 rings (SSSR count). The third kappa shape index (κ3) is 4.50. The van der Waals surface area contributed by atoms with E-state index in [-0.39, 0.29) is 21.1 Å². The molecule has 4 aromatic heterocycles. The minimum absolute atomic E-state index is 0. The maximum Gasteiger partial charge on any atom is 2.00 e. The van der Waals surface area contributed by atoms with Crippen LogP contribution in [0.15, 0.2) is 146 Å². The van der Waals surface area contributed by atoms with Crippen molar-refractivity contribution in [3.05, 3.63) is 157 Å². The van der Waals surface area contributed by atoms with Crippen molar-refractivity contribution in [2.45, 2.75) is 6.92 Å². The van der Waals surface area contributed by atoms with Crippen molar-refractivity contribution in [2.24, 2.45) is 0 Å². The monoisotopic (exact) mass is 808 g/mol. The van der Waals surface area contributed by atoms with Crippen LogP contribution in [0.5, 0.6) is 0 Å². The van der Waals surface area contributed by atoms with Gasteiger partial charge in [0.2, 0.25) is 0 Å². The van der Waals surface area contributed by atoms with E-state index in [4.69, 9.17) is 15.0 Å². The predicted molar refractivity (Wildman–Crippen MR) is 196 cm³/mol. The van der Waals surface area contributed by atoms with Gasteiger partial charge in [0.25, 0.3) is 0 Å². The number of aryl methyl sites for hydroxylation is 1. The SMILES string of the molecule is Cc1ccc2c(c1)[n-]c1c(-c3nc4c(-c5[c-]c6c(cc5)c5ccccc5n6-c5ccccn5)cccc4n3-c3ccccc3)cccc12.[Pt+2]. The van der Waals surface area contributed by atoms with Gasteiger partial charge in [0, 0.05) is 23.0 Å². The van der Waals surface area contributed by atoms with Crippen molar-refractivity contribution in [2.75, 3.05) is 0 Å². The molecule has 0 aliphatic rings. The van der Waals surface area contributed by atoms with Gasteiger partial charge in [-0.1, -0.05) is 108 Å². The summed E-state index contributed by atoms with van der Waals surface area (Å²) in [6.45, 7) is 2.11. The summed E-state index contributed by atoms with van der Waals surface area (Å²) in [4.78, 5) is 15.3. The zero-order valence-electron chi connectivity index (χ0n) is 26.4. The van der Waals surface area contributed by atoms with E-state index in [9.17, 15) is 0 Å². The normalized spacial score (nSPS) is 11.6. The molecule has 4 heterocycles. The molecule has 0 fully saturated rings. The molecule has 0 aliphatic heterocycles. The number of hydrogen-bond acceptors (Lipinski definition) is 2. The van der Waals surface area contributed by atoms with Crippen molar-refractivity contribution in [1.82, 2.24) is 24.1 Å². The van der Waals surface area contributed by atoms with E-state index < -0.39 is 0 Å². The Kier molecular flexibility index (Phi) is 6.85. The van der Waals surface area contributed by atoms with Crippen molar-refractivity contribution < 1.29 is 21.1 Å². The van der Waals surface area contributed by atoms with Crippen molar-refractivity contribution in [1.29, 1.82) is 0 Å². The number of aromatic nitrogens is 5. The first-order valence-electron chi connectivity index (χ1n) is 16.1. The van der Waals surface area contributed by atoms with Crippen LogP contribution < -0.4 is 4.98 Å². The van der Waals surface area contributed by atoms with Gasteiger partial charge in [-0.05, 0) is 65.0 Å². The Morgan fingerprint density at radius 2 is 1.37 bits per heavy atom. The summed E-state index contributed by atoms with van der Waals surface area (Å²) in [5.74, 6) is 1.72. The first-order chi connectivity index (χ1) is 23.7. The molecule has 5 nitrogen and oxygen atoms in total. The molecule has 0 saturated heterocycles. The third-order valence-corrected chi connectivity index (χ3v) is 9.40. The number of benzene rings is 6. The Bertz CT molecular complexity index is 2840. The van der Waals surface area contributed by atoms with E-state index in [1.54, 1.807) is 0 Å². The van der Waals surface area contributed by atoms with Crippen LogP contribution in [-0.4, -0.2) is 19.1 Å². The van der Waals surface area contributed by atoms with Gasteiger partial charge in [-0.2, -0.15) is 0 Å². The average Bonchev–Trinajstić information content (AvgIpc) is 3.81. The van der Waals surface area contributed by atoms with E-state index >= 15 is 0 Å². The van der Waals surface area contributed by atoms with E-state index in [1.807, 2.05) is 30.5 Å². The molecule has 6 heteroatoms. The maximum absolute atomic E-state index is 5.46. The van der Waals surface area contributed by atoms with Crippen LogP contribution >= 0.6 is 0 Å². The fraction of sp³-hybridized carbons (Fsp3) is 0.0233. The van der Waals surface area contributed by atoms with Crippen LogP contribution in [0.1, 0.15) is 5.56 Å². The molecule has 0 aliphatic carbocycles. The number of hydrogen-bond donors (Lipinski definition) is 0. The number of nitrogens with zero attached hydrogens (tertiary/aromatic N) is 5. The summed E-state index contributed by atoms with van der Waals surface area (Å²) < 4.78 is 4.47. The summed E-state index contributed by atoms with van der Waals surface area (Å²) >= 11 is 0.